The number of ether oxygens (including phenoxy) is 3. The molecular weight excluding hydrogens is 388 g/mol. The number of anilines is 1. The average molecular weight is 413 g/mol. The van der Waals surface area contributed by atoms with Crippen LogP contribution in [-0.4, -0.2) is 30.8 Å². The van der Waals surface area contributed by atoms with Gasteiger partial charge in [-0.1, -0.05) is 0 Å². The van der Waals surface area contributed by atoms with Gasteiger partial charge in [0, 0.05) is 11.6 Å². The van der Waals surface area contributed by atoms with Crippen molar-refractivity contribution in [3.05, 3.63) is 53.7 Å². The van der Waals surface area contributed by atoms with E-state index in [2.05, 4.69) is 5.32 Å². The second kappa shape index (κ2) is 9.43. The minimum Gasteiger partial charge on any atom is -0.494 e. The maximum atomic E-state index is 13.0. The molecular formula is C22H24N2O4S. The molecule has 2 aromatic rings. The largest absolute Gasteiger partial charge is 0.494 e. The Morgan fingerprint density at radius 3 is 2.21 bits per heavy atom. The summed E-state index contributed by atoms with van der Waals surface area (Å²) in [5.74, 6) is 1.88. The summed E-state index contributed by atoms with van der Waals surface area (Å²) in [5, 5.41) is 3.33. The number of nitrogens with zero attached hydrogens (tertiary/aromatic N) is 1. The highest BCUT2D eigenvalue weighted by Gasteiger charge is 2.32. The lowest BCUT2D eigenvalue weighted by Gasteiger charge is -2.14. The Bertz CT molecular complexity index is 925. The first-order chi connectivity index (χ1) is 14.1. The molecule has 2 aromatic carbocycles. The van der Waals surface area contributed by atoms with Crippen molar-refractivity contribution in [2.75, 3.05) is 24.7 Å². The number of hydrogen-bond acceptors (Lipinski definition) is 5. The van der Waals surface area contributed by atoms with Crippen molar-refractivity contribution in [3.8, 4) is 17.2 Å². The van der Waals surface area contributed by atoms with Crippen LogP contribution < -0.4 is 24.4 Å². The summed E-state index contributed by atoms with van der Waals surface area (Å²) < 4.78 is 16.7. The van der Waals surface area contributed by atoms with Gasteiger partial charge in [-0.05, 0) is 75.5 Å². The van der Waals surface area contributed by atoms with Crippen LogP contribution >= 0.6 is 12.2 Å². The van der Waals surface area contributed by atoms with Crippen molar-refractivity contribution >= 4 is 35.0 Å². The molecule has 6 nitrogen and oxygen atoms in total. The van der Waals surface area contributed by atoms with Crippen molar-refractivity contribution in [2.45, 2.75) is 20.8 Å². The topological polar surface area (TPSA) is 60.0 Å². The summed E-state index contributed by atoms with van der Waals surface area (Å²) >= 11 is 5.39. The molecule has 29 heavy (non-hydrogen) atoms. The number of nitrogens with one attached hydrogen (secondary N) is 1. The van der Waals surface area contributed by atoms with Gasteiger partial charge in [0.05, 0.1) is 25.5 Å². The van der Waals surface area contributed by atoms with Gasteiger partial charge in [0.15, 0.2) is 5.11 Å². The minimum atomic E-state index is -0.226. The Balaban J connectivity index is 1.87. The van der Waals surface area contributed by atoms with Crippen molar-refractivity contribution in [1.29, 1.82) is 0 Å². The van der Waals surface area contributed by atoms with E-state index in [1.807, 2.05) is 63.2 Å². The second-order valence-electron chi connectivity index (χ2n) is 6.12. The summed E-state index contributed by atoms with van der Waals surface area (Å²) in [6.07, 6.45) is 1.74. The highest BCUT2D eigenvalue weighted by molar-refractivity contribution is 7.80. The molecule has 1 heterocycles. The van der Waals surface area contributed by atoms with Crippen LogP contribution in [0, 0.1) is 0 Å². The lowest BCUT2D eigenvalue weighted by atomic mass is 10.1. The molecule has 0 saturated carbocycles. The molecule has 7 heteroatoms. The smallest absolute Gasteiger partial charge is 0.281 e. The summed E-state index contributed by atoms with van der Waals surface area (Å²) in [6.45, 7) is 7.41. The van der Waals surface area contributed by atoms with E-state index in [4.69, 9.17) is 26.4 Å². The maximum Gasteiger partial charge on any atom is 0.281 e. The SMILES string of the molecule is CCOc1ccc(N2C(=O)/C(=C\c3ccc(OCC)cc3OCC)NC2=S)cc1. The fraction of sp³-hybridized carbons (Fsp3) is 0.273. The number of thiocarbonyl (C=S) groups is 1. The van der Waals surface area contributed by atoms with Gasteiger partial charge in [-0.15, -0.1) is 0 Å². The zero-order chi connectivity index (χ0) is 20.8. The van der Waals surface area contributed by atoms with E-state index in [0.29, 0.717) is 42.1 Å². The number of benzene rings is 2. The lowest BCUT2D eigenvalue weighted by molar-refractivity contribution is -0.113. The molecule has 1 N–H and O–H groups in total. The number of rotatable bonds is 8. The van der Waals surface area contributed by atoms with E-state index >= 15 is 0 Å². The molecule has 0 aliphatic carbocycles. The number of carbonyl (C=O) groups excluding carboxylic acids is 1. The zero-order valence-electron chi connectivity index (χ0n) is 16.7. The molecule has 1 saturated heterocycles. The normalized spacial score (nSPS) is 14.9. The van der Waals surface area contributed by atoms with Crippen LogP contribution in [0.25, 0.3) is 6.08 Å². The van der Waals surface area contributed by atoms with Crippen LogP contribution in [0.3, 0.4) is 0 Å². The third kappa shape index (κ3) is 4.68. The van der Waals surface area contributed by atoms with E-state index in [9.17, 15) is 4.79 Å². The van der Waals surface area contributed by atoms with Crippen LogP contribution in [0.2, 0.25) is 0 Å². The van der Waals surface area contributed by atoms with Gasteiger partial charge in [0.25, 0.3) is 5.91 Å². The molecule has 152 valence electrons. The lowest BCUT2D eigenvalue weighted by Crippen LogP contribution is -2.30. The number of carbonyl (C=O) groups is 1. The quantitative estimate of drug-likeness (QED) is 0.519. The van der Waals surface area contributed by atoms with Crippen molar-refractivity contribution in [2.24, 2.45) is 0 Å². The zero-order valence-corrected chi connectivity index (χ0v) is 17.5. The van der Waals surface area contributed by atoms with Gasteiger partial charge in [-0.2, -0.15) is 0 Å². The Hall–Kier alpha value is -3.06. The maximum absolute atomic E-state index is 13.0. The van der Waals surface area contributed by atoms with Gasteiger partial charge in [-0.25, -0.2) is 0 Å². The molecule has 0 aromatic heterocycles. The van der Waals surface area contributed by atoms with Crippen LogP contribution in [0.4, 0.5) is 5.69 Å². The minimum absolute atomic E-state index is 0.226. The van der Waals surface area contributed by atoms with Crippen LogP contribution in [0.1, 0.15) is 26.3 Å². The first kappa shape index (κ1) is 20.7. The molecule has 0 atom stereocenters. The van der Waals surface area contributed by atoms with E-state index in [1.165, 1.54) is 4.90 Å². The van der Waals surface area contributed by atoms with Crippen LogP contribution in [0.5, 0.6) is 17.2 Å². The molecule has 1 fully saturated rings. The molecule has 1 aliphatic rings. The Kier molecular flexibility index (Phi) is 6.72. The molecule has 1 aliphatic heterocycles. The summed E-state index contributed by atoms with van der Waals surface area (Å²) in [4.78, 5) is 14.4. The molecule has 0 unspecified atom stereocenters. The molecule has 1 amide bonds. The standard InChI is InChI=1S/C22H24N2O4S/c1-4-26-17-11-8-16(9-12-17)24-21(25)19(23-22(24)29)13-15-7-10-18(27-5-2)14-20(15)28-6-3/h7-14H,4-6H2,1-3H3,(H,23,29)/b19-13+. The number of amides is 1. The Morgan fingerprint density at radius 2 is 1.55 bits per heavy atom. The number of hydrogen-bond donors (Lipinski definition) is 1. The van der Waals surface area contributed by atoms with Gasteiger partial charge in [-0.3, -0.25) is 9.69 Å². The molecule has 0 bridgehead atoms. The van der Waals surface area contributed by atoms with E-state index in [-0.39, 0.29) is 5.91 Å². The highest BCUT2D eigenvalue weighted by Crippen LogP contribution is 2.29. The van der Waals surface area contributed by atoms with Gasteiger partial charge in [0.2, 0.25) is 0 Å². The molecule has 3 rings (SSSR count). The van der Waals surface area contributed by atoms with Gasteiger partial charge < -0.3 is 19.5 Å². The predicted octanol–water partition coefficient (Wildman–Crippen LogP) is 4.14. The van der Waals surface area contributed by atoms with Crippen LogP contribution in [-0.2, 0) is 4.79 Å². The molecule has 0 radical (unpaired) electrons. The van der Waals surface area contributed by atoms with Gasteiger partial charge >= 0.3 is 0 Å². The first-order valence-electron chi connectivity index (χ1n) is 9.57. The van der Waals surface area contributed by atoms with E-state index < -0.39 is 0 Å². The third-order valence-corrected chi connectivity index (χ3v) is 4.46. The fourth-order valence-corrected chi connectivity index (χ4v) is 3.25. The highest BCUT2D eigenvalue weighted by atomic mass is 32.1. The Morgan fingerprint density at radius 1 is 0.931 bits per heavy atom. The van der Waals surface area contributed by atoms with Crippen LogP contribution in [0.15, 0.2) is 48.2 Å². The van der Waals surface area contributed by atoms with Crippen molar-refractivity contribution < 1.29 is 19.0 Å². The van der Waals surface area contributed by atoms with Gasteiger partial charge in [0.1, 0.15) is 22.9 Å². The monoisotopic (exact) mass is 412 g/mol. The van der Waals surface area contributed by atoms with Crippen molar-refractivity contribution in [1.82, 2.24) is 5.32 Å². The summed E-state index contributed by atoms with van der Waals surface area (Å²) in [7, 11) is 0. The second-order valence-corrected chi connectivity index (χ2v) is 6.51. The predicted molar refractivity (Wildman–Crippen MR) is 118 cm³/mol. The summed E-state index contributed by atoms with van der Waals surface area (Å²) in [6, 6.07) is 12.8. The fourth-order valence-electron chi connectivity index (χ4n) is 2.95. The third-order valence-electron chi connectivity index (χ3n) is 4.18. The van der Waals surface area contributed by atoms with E-state index in [1.54, 1.807) is 6.08 Å². The molecule has 0 spiro atoms. The summed E-state index contributed by atoms with van der Waals surface area (Å²) in [5.41, 5.74) is 1.83. The van der Waals surface area contributed by atoms with E-state index in [0.717, 1.165) is 17.1 Å². The first-order valence-corrected chi connectivity index (χ1v) is 9.97. The van der Waals surface area contributed by atoms with Crippen molar-refractivity contribution in [3.63, 3.8) is 0 Å². The average Bonchev–Trinajstić information content (AvgIpc) is 2.98. The Labute approximate surface area is 176 Å².